The molecular weight excluding hydrogens is 476 g/mol. The van der Waals surface area contributed by atoms with Crippen molar-refractivity contribution in [2.24, 2.45) is 4.99 Å². The third-order valence-electron chi connectivity index (χ3n) is 3.71. The van der Waals surface area contributed by atoms with Crippen molar-refractivity contribution >= 4 is 35.6 Å². The van der Waals surface area contributed by atoms with Gasteiger partial charge >= 0.3 is 0 Å². The van der Waals surface area contributed by atoms with Crippen molar-refractivity contribution < 1.29 is 18.6 Å². The van der Waals surface area contributed by atoms with E-state index in [0.29, 0.717) is 37.2 Å². The Labute approximate surface area is 182 Å². The first kappa shape index (κ1) is 23.8. The van der Waals surface area contributed by atoms with E-state index >= 15 is 0 Å². The average Bonchev–Trinajstić information content (AvgIpc) is 2.67. The Morgan fingerprint density at radius 1 is 1.00 bits per heavy atom. The largest absolute Gasteiger partial charge is 0.494 e. The quantitative estimate of drug-likeness (QED) is 0.317. The SMILES string of the molecule is CCNC(=NCc1ccc(OC)c(F)c1)Nc1ccc(OCC)c(OC)c1.I. The summed E-state index contributed by atoms with van der Waals surface area (Å²) < 4.78 is 29.6. The van der Waals surface area contributed by atoms with Crippen molar-refractivity contribution in [3.05, 3.63) is 47.8 Å². The van der Waals surface area contributed by atoms with Crippen LogP contribution in [0.2, 0.25) is 0 Å². The number of nitrogens with zero attached hydrogens (tertiary/aromatic N) is 1. The molecule has 0 saturated heterocycles. The Bertz CT molecular complexity index is 787. The number of benzene rings is 2. The molecule has 0 amide bonds. The van der Waals surface area contributed by atoms with E-state index in [1.807, 2.05) is 32.0 Å². The summed E-state index contributed by atoms with van der Waals surface area (Å²) in [7, 11) is 3.04. The summed E-state index contributed by atoms with van der Waals surface area (Å²) in [5.74, 6) is 1.71. The predicted octanol–water partition coefficient (Wildman–Crippen LogP) is 4.44. The lowest BCUT2D eigenvalue weighted by Crippen LogP contribution is -2.30. The number of guanidine groups is 1. The molecule has 0 atom stereocenters. The van der Waals surface area contributed by atoms with Crippen molar-refractivity contribution in [1.82, 2.24) is 5.32 Å². The number of anilines is 1. The van der Waals surface area contributed by atoms with Gasteiger partial charge in [-0.2, -0.15) is 0 Å². The Kier molecular flexibility index (Phi) is 10.4. The lowest BCUT2D eigenvalue weighted by atomic mass is 10.2. The zero-order chi connectivity index (χ0) is 19.6. The smallest absolute Gasteiger partial charge is 0.196 e. The van der Waals surface area contributed by atoms with Gasteiger partial charge in [-0.15, -0.1) is 24.0 Å². The zero-order valence-electron chi connectivity index (χ0n) is 16.5. The summed E-state index contributed by atoms with van der Waals surface area (Å²) in [5.41, 5.74) is 1.55. The molecule has 0 saturated carbocycles. The fourth-order valence-electron chi connectivity index (χ4n) is 2.44. The van der Waals surface area contributed by atoms with Gasteiger partial charge in [0.25, 0.3) is 0 Å². The summed E-state index contributed by atoms with van der Waals surface area (Å²) in [6, 6.07) is 10.4. The topological polar surface area (TPSA) is 64.1 Å². The standard InChI is InChI=1S/C20H26FN3O3.HI/c1-5-22-20(23-13-14-7-9-17(25-3)16(21)11-14)24-15-8-10-18(27-6-2)19(12-15)26-4;/h7-12H,5-6,13H2,1-4H3,(H2,22,23,24);1H. The number of ether oxygens (including phenoxy) is 3. The van der Waals surface area contributed by atoms with Crippen molar-refractivity contribution in [3.63, 3.8) is 0 Å². The molecule has 2 aromatic carbocycles. The molecule has 6 nitrogen and oxygen atoms in total. The number of hydrogen-bond acceptors (Lipinski definition) is 4. The van der Waals surface area contributed by atoms with Gasteiger partial charge < -0.3 is 24.8 Å². The van der Waals surface area contributed by atoms with Crippen LogP contribution in [0.3, 0.4) is 0 Å². The number of methoxy groups -OCH3 is 2. The maximum Gasteiger partial charge on any atom is 0.196 e. The molecule has 0 fully saturated rings. The molecule has 2 rings (SSSR count). The van der Waals surface area contributed by atoms with Crippen LogP contribution in [0.15, 0.2) is 41.4 Å². The maximum atomic E-state index is 13.8. The van der Waals surface area contributed by atoms with Crippen LogP contribution in [0.4, 0.5) is 10.1 Å². The van der Waals surface area contributed by atoms with Crippen molar-refractivity contribution in [2.75, 3.05) is 32.7 Å². The van der Waals surface area contributed by atoms with Gasteiger partial charge in [0.2, 0.25) is 0 Å². The highest BCUT2D eigenvalue weighted by atomic mass is 127. The van der Waals surface area contributed by atoms with Gasteiger partial charge in [0.05, 0.1) is 27.4 Å². The highest BCUT2D eigenvalue weighted by molar-refractivity contribution is 14.0. The minimum Gasteiger partial charge on any atom is -0.494 e. The first-order valence-corrected chi connectivity index (χ1v) is 8.79. The molecule has 0 aliphatic rings. The van der Waals surface area contributed by atoms with E-state index in [2.05, 4.69) is 15.6 Å². The normalized spacial score (nSPS) is 10.7. The van der Waals surface area contributed by atoms with Crippen molar-refractivity contribution in [2.45, 2.75) is 20.4 Å². The number of rotatable bonds is 8. The molecule has 0 bridgehead atoms. The van der Waals surface area contributed by atoms with Crippen LogP contribution in [0.5, 0.6) is 17.2 Å². The summed E-state index contributed by atoms with van der Waals surface area (Å²) in [4.78, 5) is 4.50. The van der Waals surface area contributed by atoms with Crippen LogP contribution in [-0.2, 0) is 6.54 Å². The third-order valence-corrected chi connectivity index (χ3v) is 3.71. The third kappa shape index (κ3) is 6.74. The van der Waals surface area contributed by atoms with E-state index in [0.717, 1.165) is 11.3 Å². The predicted molar refractivity (Wildman–Crippen MR) is 121 cm³/mol. The molecule has 0 unspecified atom stereocenters. The van der Waals surface area contributed by atoms with Crippen LogP contribution in [0, 0.1) is 5.82 Å². The molecule has 154 valence electrons. The van der Waals surface area contributed by atoms with Gasteiger partial charge in [0.15, 0.2) is 29.0 Å². The van der Waals surface area contributed by atoms with Crippen molar-refractivity contribution in [1.29, 1.82) is 0 Å². The Morgan fingerprint density at radius 3 is 2.32 bits per heavy atom. The van der Waals surface area contributed by atoms with Gasteiger partial charge in [-0.25, -0.2) is 9.38 Å². The summed E-state index contributed by atoms with van der Waals surface area (Å²) >= 11 is 0. The molecule has 2 N–H and O–H groups in total. The zero-order valence-corrected chi connectivity index (χ0v) is 18.9. The Morgan fingerprint density at radius 2 is 1.71 bits per heavy atom. The Hall–Kier alpha value is -2.23. The fourth-order valence-corrected chi connectivity index (χ4v) is 2.44. The van der Waals surface area contributed by atoms with E-state index in [-0.39, 0.29) is 29.7 Å². The van der Waals surface area contributed by atoms with Crippen LogP contribution in [0.1, 0.15) is 19.4 Å². The number of halogens is 2. The second-order valence-electron chi connectivity index (χ2n) is 5.59. The number of aliphatic imine (C=N–C) groups is 1. The van der Waals surface area contributed by atoms with Gasteiger partial charge in [-0.05, 0) is 43.7 Å². The van der Waals surface area contributed by atoms with Gasteiger partial charge in [0, 0.05) is 18.3 Å². The first-order valence-electron chi connectivity index (χ1n) is 8.79. The minimum absolute atomic E-state index is 0. The van der Waals surface area contributed by atoms with Gasteiger partial charge in [0.1, 0.15) is 0 Å². The monoisotopic (exact) mass is 503 g/mol. The Balaban J connectivity index is 0.00000392. The van der Waals surface area contributed by atoms with Crippen LogP contribution < -0.4 is 24.8 Å². The molecule has 0 radical (unpaired) electrons. The van der Waals surface area contributed by atoms with E-state index < -0.39 is 5.82 Å². The minimum atomic E-state index is -0.403. The lowest BCUT2D eigenvalue weighted by Gasteiger charge is -2.14. The summed E-state index contributed by atoms with van der Waals surface area (Å²) in [5, 5.41) is 6.38. The first-order chi connectivity index (χ1) is 13.1. The van der Waals surface area contributed by atoms with Crippen LogP contribution >= 0.6 is 24.0 Å². The van der Waals surface area contributed by atoms with Crippen LogP contribution in [0.25, 0.3) is 0 Å². The molecule has 28 heavy (non-hydrogen) atoms. The summed E-state index contributed by atoms with van der Waals surface area (Å²) in [6.45, 7) is 5.47. The average molecular weight is 503 g/mol. The van der Waals surface area contributed by atoms with Crippen molar-refractivity contribution in [3.8, 4) is 17.2 Å². The molecule has 0 aliphatic heterocycles. The molecule has 2 aromatic rings. The van der Waals surface area contributed by atoms with E-state index in [4.69, 9.17) is 14.2 Å². The maximum absolute atomic E-state index is 13.8. The number of nitrogens with one attached hydrogen (secondary N) is 2. The highest BCUT2D eigenvalue weighted by Gasteiger charge is 2.08. The molecule has 0 aromatic heterocycles. The van der Waals surface area contributed by atoms with E-state index in [9.17, 15) is 4.39 Å². The molecular formula is C20H27FIN3O3. The van der Waals surface area contributed by atoms with E-state index in [1.165, 1.54) is 13.2 Å². The second-order valence-corrected chi connectivity index (χ2v) is 5.59. The van der Waals surface area contributed by atoms with Gasteiger partial charge in [-0.1, -0.05) is 6.07 Å². The molecule has 8 heteroatoms. The van der Waals surface area contributed by atoms with Crippen LogP contribution in [-0.4, -0.2) is 33.3 Å². The number of hydrogen-bond donors (Lipinski definition) is 2. The van der Waals surface area contributed by atoms with Gasteiger partial charge in [-0.3, -0.25) is 0 Å². The fraction of sp³-hybridized carbons (Fsp3) is 0.350. The molecule has 0 aliphatic carbocycles. The molecule has 0 spiro atoms. The van der Waals surface area contributed by atoms with E-state index in [1.54, 1.807) is 19.2 Å². The molecule has 0 heterocycles. The summed E-state index contributed by atoms with van der Waals surface area (Å²) in [6.07, 6.45) is 0. The highest BCUT2D eigenvalue weighted by Crippen LogP contribution is 2.30. The second kappa shape index (κ2) is 12.3. The lowest BCUT2D eigenvalue weighted by molar-refractivity contribution is 0.311.